The molecule has 0 spiro atoms. The van der Waals surface area contributed by atoms with Gasteiger partial charge in [0.15, 0.2) is 5.96 Å². The van der Waals surface area contributed by atoms with Gasteiger partial charge < -0.3 is 20.3 Å². The minimum Gasteiger partial charge on any atom is -0.450 e. The molecule has 1 heterocycles. The Kier molecular flexibility index (Phi) is 11.9. The van der Waals surface area contributed by atoms with Crippen LogP contribution in [0.15, 0.2) is 35.3 Å². The lowest BCUT2D eigenvalue weighted by atomic mass is 9.97. The lowest BCUT2D eigenvalue weighted by Crippen LogP contribution is -2.50. The van der Waals surface area contributed by atoms with Crippen molar-refractivity contribution in [1.29, 1.82) is 0 Å². The third-order valence-electron chi connectivity index (χ3n) is 4.94. The summed E-state index contributed by atoms with van der Waals surface area (Å²) in [6.45, 7) is 9.58. The van der Waals surface area contributed by atoms with Crippen molar-refractivity contribution in [3.05, 3.63) is 35.9 Å². The molecule has 1 aliphatic rings. The van der Waals surface area contributed by atoms with E-state index in [0.29, 0.717) is 18.6 Å². The Morgan fingerprint density at radius 2 is 1.89 bits per heavy atom. The Bertz CT molecular complexity index is 589. The number of ether oxygens (including phenoxy) is 1. The van der Waals surface area contributed by atoms with Gasteiger partial charge in [-0.2, -0.15) is 0 Å². The number of piperidine rings is 1. The van der Waals surface area contributed by atoms with Crippen molar-refractivity contribution in [2.24, 2.45) is 4.99 Å². The number of carbonyl (C=O) groups excluding carboxylic acids is 1. The SMILES string of the molecule is CCNC(=NCC(CC)c1ccccc1)NC1CCN(C(=O)OCC)CC1.I. The molecule has 7 heteroatoms. The second-order valence-corrected chi connectivity index (χ2v) is 6.84. The summed E-state index contributed by atoms with van der Waals surface area (Å²) >= 11 is 0. The summed E-state index contributed by atoms with van der Waals surface area (Å²) in [5, 5.41) is 6.89. The number of hydrogen-bond acceptors (Lipinski definition) is 3. The van der Waals surface area contributed by atoms with E-state index in [1.807, 2.05) is 13.0 Å². The van der Waals surface area contributed by atoms with Gasteiger partial charge in [-0.1, -0.05) is 37.3 Å². The molecule has 158 valence electrons. The summed E-state index contributed by atoms with van der Waals surface area (Å²) in [5.41, 5.74) is 1.34. The predicted molar refractivity (Wildman–Crippen MR) is 126 cm³/mol. The van der Waals surface area contributed by atoms with E-state index < -0.39 is 0 Å². The molecule has 2 rings (SSSR count). The summed E-state index contributed by atoms with van der Waals surface area (Å²) in [6.07, 6.45) is 2.66. The Labute approximate surface area is 186 Å². The van der Waals surface area contributed by atoms with Crippen LogP contribution < -0.4 is 10.6 Å². The van der Waals surface area contributed by atoms with Gasteiger partial charge in [-0.25, -0.2) is 4.79 Å². The minimum atomic E-state index is -0.204. The van der Waals surface area contributed by atoms with Crippen molar-refractivity contribution in [3.63, 3.8) is 0 Å². The van der Waals surface area contributed by atoms with Gasteiger partial charge in [-0.3, -0.25) is 4.99 Å². The smallest absolute Gasteiger partial charge is 0.409 e. The van der Waals surface area contributed by atoms with Crippen LogP contribution in [0.3, 0.4) is 0 Å². The van der Waals surface area contributed by atoms with Crippen molar-refractivity contribution in [1.82, 2.24) is 15.5 Å². The zero-order chi connectivity index (χ0) is 19.5. The molecule has 0 aliphatic carbocycles. The van der Waals surface area contributed by atoms with E-state index in [1.165, 1.54) is 5.56 Å². The van der Waals surface area contributed by atoms with Crippen LogP contribution in [0.2, 0.25) is 0 Å². The predicted octanol–water partition coefficient (Wildman–Crippen LogP) is 3.97. The summed E-state index contributed by atoms with van der Waals surface area (Å²) in [7, 11) is 0. The van der Waals surface area contributed by atoms with Crippen molar-refractivity contribution < 1.29 is 9.53 Å². The maximum Gasteiger partial charge on any atom is 0.409 e. The zero-order valence-electron chi connectivity index (χ0n) is 17.3. The number of carbonyl (C=O) groups is 1. The average Bonchev–Trinajstić information content (AvgIpc) is 2.70. The highest BCUT2D eigenvalue weighted by atomic mass is 127. The van der Waals surface area contributed by atoms with E-state index in [-0.39, 0.29) is 30.1 Å². The summed E-state index contributed by atoms with van der Waals surface area (Å²) in [5.74, 6) is 1.29. The van der Waals surface area contributed by atoms with Gasteiger partial charge in [0.2, 0.25) is 0 Å². The normalized spacial score (nSPS) is 16.1. The first kappa shape index (κ1) is 24.5. The fourth-order valence-electron chi connectivity index (χ4n) is 3.33. The molecule has 1 aromatic rings. The van der Waals surface area contributed by atoms with Gasteiger partial charge in [0, 0.05) is 38.1 Å². The molecule has 1 saturated heterocycles. The van der Waals surface area contributed by atoms with E-state index in [4.69, 9.17) is 9.73 Å². The van der Waals surface area contributed by atoms with E-state index in [2.05, 4.69) is 48.7 Å². The van der Waals surface area contributed by atoms with Gasteiger partial charge in [-0.05, 0) is 38.7 Å². The minimum absolute atomic E-state index is 0. The highest BCUT2D eigenvalue weighted by Gasteiger charge is 2.24. The van der Waals surface area contributed by atoms with Crippen molar-refractivity contribution >= 4 is 36.0 Å². The molecular weight excluding hydrogens is 467 g/mol. The Balaban J connectivity index is 0.00000392. The number of likely N-dealkylation sites (tertiary alicyclic amines) is 1. The number of nitrogens with zero attached hydrogens (tertiary/aromatic N) is 2. The first-order valence-electron chi connectivity index (χ1n) is 10.2. The fraction of sp³-hybridized carbons (Fsp3) is 0.619. The molecule has 1 aliphatic heterocycles. The van der Waals surface area contributed by atoms with Crippen LogP contribution in [0.1, 0.15) is 51.5 Å². The molecule has 0 saturated carbocycles. The largest absolute Gasteiger partial charge is 0.450 e. The zero-order valence-corrected chi connectivity index (χ0v) is 19.6. The van der Waals surface area contributed by atoms with E-state index in [1.54, 1.807) is 4.90 Å². The molecular formula is C21H35IN4O2. The van der Waals surface area contributed by atoms with Crippen LogP contribution in [-0.2, 0) is 4.74 Å². The highest BCUT2D eigenvalue weighted by molar-refractivity contribution is 14.0. The molecule has 1 amide bonds. The lowest BCUT2D eigenvalue weighted by molar-refractivity contribution is 0.0963. The maximum absolute atomic E-state index is 11.8. The van der Waals surface area contributed by atoms with Crippen LogP contribution in [0.4, 0.5) is 4.79 Å². The molecule has 1 unspecified atom stereocenters. The molecule has 0 aromatic heterocycles. The number of halogens is 1. The number of rotatable bonds is 7. The molecule has 6 nitrogen and oxygen atoms in total. The van der Waals surface area contributed by atoms with Crippen LogP contribution in [-0.4, -0.2) is 55.8 Å². The topological polar surface area (TPSA) is 66.0 Å². The Morgan fingerprint density at radius 1 is 1.21 bits per heavy atom. The van der Waals surface area contributed by atoms with Gasteiger partial charge in [0.25, 0.3) is 0 Å². The van der Waals surface area contributed by atoms with E-state index >= 15 is 0 Å². The molecule has 1 fully saturated rings. The van der Waals surface area contributed by atoms with Gasteiger partial charge in [0.1, 0.15) is 0 Å². The van der Waals surface area contributed by atoms with E-state index in [0.717, 1.165) is 51.4 Å². The first-order valence-corrected chi connectivity index (χ1v) is 10.2. The molecule has 1 atom stereocenters. The van der Waals surface area contributed by atoms with Crippen molar-refractivity contribution in [2.75, 3.05) is 32.8 Å². The molecule has 1 aromatic carbocycles. The Morgan fingerprint density at radius 3 is 2.46 bits per heavy atom. The van der Waals surface area contributed by atoms with Crippen LogP contribution in [0, 0.1) is 0 Å². The number of aliphatic imine (C=N–C) groups is 1. The number of amides is 1. The van der Waals surface area contributed by atoms with E-state index in [9.17, 15) is 4.79 Å². The summed E-state index contributed by atoms with van der Waals surface area (Å²) in [4.78, 5) is 18.4. The second-order valence-electron chi connectivity index (χ2n) is 6.84. The van der Waals surface area contributed by atoms with Crippen molar-refractivity contribution in [2.45, 2.75) is 52.0 Å². The van der Waals surface area contributed by atoms with Crippen LogP contribution in [0.5, 0.6) is 0 Å². The highest BCUT2D eigenvalue weighted by Crippen LogP contribution is 2.19. The number of benzene rings is 1. The quantitative estimate of drug-likeness (QED) is 0.337. The molecule has 0 radical (unpaired) electrons. The average molecular weight is 502 g/mol. The molecule has 0 bridgehead atoms. The molecule has 28 heavy (non-hydrogen) atoms. The van der Waals surface area contributed by atoms with Gasteiger partial charge in [0.05, 0.1) is 6.61 Å². The third-order valence-corrected chi connectivity index (χ3v) is 4.94. The third kappa shape index (κ3) is 7.85. The number of hydrogen-bond donors (Lipinski definition) is 2. The standard InChI is InChI=1S/C21H34N4O2.HI/c1-4-17(18-10-8-7-9-11-18)16-23-20(22-5-2)24-19-12-14-25(15-13-19)21(26)27-6-3;/h7-11,17,19H,4-6,12-16H2,1-3H3,(H2,22,23,24);1H. The van der Waals surface area contributed by atoms with Crippen LogP contribution in [0.25, 0.3) is 0 Å². The fourth-order valence-corrected chi connectivity index (χ4v) is 3.33. The lowest BCUT2D eigenvalue weighted by Gasteiger charge is -2.32. The maximum atomic E-state index is 11.8. The van der Waals surface area contributed by atoms with Gasteiger partial charge in [-0.15, -0.1) is 24.0 Å². The van der Waals surface area contributed by atoms with Gasteiger partial charge >= 0.3 is 6.09 Å². The van der Waals surface area contributed by atoms with Crippen LogP contribution >= 0.6 is 24.0 Å². The first-order chi connectivity index (χ1) is 13.2. The summed E-state index contributed by atoms with van der Waals surface area (Å²) in [6, 6.07) is 10.9. The Hall–Kier alpha value is -1.51. The number of nitrogens with one attached hydrogen (secondary N) is 2. The molecule has 2 N–H and O–H groups in total. The monoisotopic (exact) mass is 502 g/mol. The summed E-state index contributed by atoms with van der Waals surface area (Å²) < 4.78 is 5.09. The number of guanidine groups is 1. The second kappa shape index (κ2) is 13.6. The van der Waals surface area contributed by atoms with Crippen molar-refractivity contribution in [3.8, 4) is 0 Å².